The molecule has 1 unspecified atom stereocenters. The number of hydrogen-bond donors (Lipinski definition) is 5. The molecular formula is C39H58N8O6. The Morgan fingerprint density at radius 1 is 0.962 bits per heavy atom. The number of likely N-dealkylation sites (tertiary alicyclic amines) is 1. The molecule has 5 atom stereocenters. The van der Waals surface area contributed by atoms with E-state index in [1.807, 2.05) is 56.4 Å². The maximum atomic E-state index is 14.4. The summed E-state index contributed by atoms with van der Waals surface area (Å²) >= 11 is 0. The number of carbonyl (C=O) groups excluding carboxylic acids is 6. The largest absolute Gasteiger partial charge is 0.351 e. The third kappa shape index (κ3) is 11.2. The lowest BCUT2D eigenvalue weighted by atomic mass is 9.91. The second-order valence-electron chi connectivity index (χ2n) is 15.0. The predicted molar refractivity (Wildman–Crippen MR) is 203 cm³/mol. The summed E-state index contributed by atoms with van der Waals surface area (Å²) in [6.07, 6.45) is 12.3. The predicted octanol–water partition coefficient (Wildman–Crippen LogP) is 1.13. The van der Waals surface area contributed by atoms with Gasteiger partial charge in [0.15, 0.2) is 0 Å². The second kappa shape index (κ2) is 19.5. The molecule has 1 saturated heterocycles. The smallest absolute Gasteiger partial charge is 0.312 e. The Balaban J connectivity index is 1.50. The Morgan fingerprint density at radius 2 is 1.68 bits per heavy atom. The van der Waals surface area contributed by atoms with E-state index in [9.17, 15) is 28.8 Å². The number of amides is 6. The maximum Gasteiger partial charge on any atom is 0.312 e. The molecule has 0 aromatic heterocycles. The van der Waals surface area contributed by atoms with Crippen LogP contribution < -0.4 is 32.3 Å². The first kappa shape index (κ1) is 41.2. The highest BCUT2D eigenvalue weighted by Gasteiger charge is 2.42. The number of para-hydroxylation sites is 1. The number of benzene rings is 1. The molecule has 290 valence electrons. The summed E-state index contributed by atoms with van der Waals surface area (Å²) in [4.78, 5) is 84.7. The molecule has 4 rings (SSSR count). The van der Waals surface area contributed by atoms with E-state index in [1.165, 1.54) is 28.8 Å². The van der Waals surface area contributed by atoms with Crippen molar-refractivity contribution in [2.75, 3.05) is 38.6 Å². The van der Waals surface area contributed by atoms with E-state index < -0.39 is 53.7 Å². The maximum absolute atomic E-state index is 14.4. The third-order valence-corrected chi connectivity index (χ3v) is 10.1. The van der Waals surface area contributed by atoms with E-state index >= 15 is 0 Å². The van der Waals surface area contributed by atoms with Crippen molar-refractivity contribution in [3.8, 4) is 0 Å². The van der Waals surface area contributed by atoms with Gasteiger partial charge in [-0.05, 0) is 81.4 Å². The van der Waals surface area contributed by atoms with Gasteiger partial charge in [0.05, 0.1) is 6.04 Å². The van der Waals surface area contributed by atoms with Gasteiger partial charge in [0.1, 0.15) is 18.1 Å². The van der Waals surface area contributed by atoms with Gasteiger partial charge in [-0.15, -0.1) is 0 Å². The average Bonchev–Trinajstić information content (AvgIpc) is 3.14. The van der Waals surface area contributed by atoms with Crippen molar-refractivity contribution in [3.05, 3.63) is 54.1 Å². The number of allylic oxidation sites excluding steroid dienone is 4. The molecule has 0 bridgehead atoms. The van der Waals surface area contributed by atoms with Crippen LogP contribution in [0, 0.1) is 11.8 Å². The van der Waals surface area contributed by atoms with Crippen LogP contribution in [0.2, 0.25) is 0 Å². The number of piperidine rings is 1. The molecule has 7 N–H and O–H groups in total. The van der Waals surface area contributed by atoms with Crippen molar-refractivity contribution in [2.45, 2.75) is 102 Å². The van der Waals surface area contributed by atoms with Crippen molar-refractivity contribution in [1.29, 1.82) is 0 Å². The molecule has 6 amide bonds. The fourth-order valence-electron chi connectivity index (χ4n) is 7.13. The van der Waals surface area contributed by atoms with Crippen LogP contribution in [0.1, 0.15) is 70.8 Å². The third-order valence-electron chi connectivity index (χ3n) is 10.1. The van der Waals surface area contributed by atoms with Crippen LogP contribution in [0.15, 0.2) is 48.6 Å². The zero-order chi connectivity index (χ0) is 38.7. The molecule has 1 aromatic rings. The van der Waals surface area contributed by atoms with Gasteiger partial charge >= 0.3 is 11.8 Å². The molecular weight excluding hydrogens is 676 g/mol. The minimum atomic E-state index is -0.968. The van der Waals surface area contributed by atoms with E-state index in [1.54, 1.807) is 6.07 Å². The SMILES string of the molecule is CC(C)C[C@H](C(=O)N[C@H](CCCCN)C(=O)NC1CCN(C(=O)C(=O)N(C)C)CC1)N1C(=O)[C@H](NC(=O)[C@H](N)CC2C=CC=CC2)Cc2ccccc21. The van der Waals surface area contributed by atoms with E-state index in [4.69, 9.17) is 11.5 Å². The number of rotatable bonds is 15. The molecule has 0 saturated carbocycles. The summed E-state index contributed by atoms with van der Waals surface area (Å²) in [6.45, 7) is 4.99. The van der Waals surface area contributed by atoms with Crippen LogP contribution in [-0.2, 0) is 35.2 Å². The van der Waals surface area contributed by atoms with Crippen LogP contribution in [0.5, 0.6) is 0 Å². The van der Waals surface area contributed by atoms with Crippen molar-refractivity contribution in [3.63, 3.8) is 0 Å². The summed E-state index contributed by atoms with van der Waals surface area (Å²) < 4.78 is 0. The van der Waals surface area contributed by atoms with Gasteiger partial charge < -0.3 is 37.2 Å². The molecule has 3 aliphatic rings. The van der Waals surface area contributed by atoms with Crippen LogP contribution in [0.25, 0.3) is 0 Å². The summed E-state index contributed by atoms with van der Waals surface area (Å²) in [7, 11) is 3.06. The highest BCUT2D eigenvalue weighted by atomic mass is 16.2. The molecule has 14 heteroatoms. The van der Waals surface area contributed by atoms with Gasteiger partial charge in [-0.25, -0.2) is 0 Å². The van der Waals surface area contributed by atoms with E-state index in [2.05, 4.69) is 16.0 Å². The molecule has 1 aliphatic carbocycles. The quantitative estimate of drug-likeness (QED) is 0.130. The van der Waals surface area contributed by atoms with Crippen LogP contribution in [0.4, 0.5) is 5.69 Å². The van der Waals surface area contributed by atoms with Crippen LogP contribution in [-0.4, -0.2) is 109 Å². The van der Waals surface area contributed by atoms with Crippen molar-refractivity contribution >= 4 is 41.1 Å². The molecule has 14 nitrogen and oxygen atoms in total. The second-order valence-corrected chi connectivity index (χ2v) is 15.0. The average molecular weight is 735 g/mol. The number of nitrogens with one attached hydrogen (secondary N) is 3. The standard InChI is InChI=1S/C39H58N8O6/c1-25(2)22-33(36(50)43-30(15-10-11-19-40)35(49)42-28-17-20-46(21-18-28)39(53)38(52)45(3)4)47-32-16-9-8-14-27(32)24-31(37(47)51)44-34(48)29(41)23-26-12-6-5-7-13-26/h5-9,12,14,16,25-26,28-31,33H,10-11,13,15,17-24,40-41H2,1-4H3,(H,42,49)(H,43,50)(H,44,48)/t26?,29-,30-,31-,33-/m1/s1. The Kier molecular flexibility index (Phi) is 15.2. The molecule has 0 radical (unpaired) electrons. The molecule has 2 heterocycles. The lowest BCUT2D eigenvalue weighted by molar-refractivity contribution is -0.151. The normalized spacial score (nSPS) is 20.3. The number of anilines is 1. The first-order chi connectivity index (χ1) is 25.3. The Hall–Kier alpha value is -4.56. The molecule has 53 heavy (non-hydrogen) atoms. The summed E-state index contributed by atoms with van der Waals surface area (Å²) in [6, 6.07) is 3.49. The van der Waals surface area contributed by atoms with Crippen molar-refractivity contribution in [1.82, 2.24) is 25.8 Å². The van der Waals surface area contributed by atoms with Gasteiger partial charge in [0.2, 0.25) is 17.7 Å². The van der Waals surface area contributed by atoms with E-state index in [0.717, 1.165) is 12.0 Å². The fraction of sp³-hybridized carbons (Fsp3) is 0.590. The number of carbonyl (C=O) groups is 6. The van der Waals surface area contributed by atoms with Gasteiger partial charge in [-0.1, -0.05) is 56.4 Å². The number of nitrogens with two attached hydrogens (primary N) is 2. The van der Waals surface area contributed by atoms with Crippen LogP contribution in [0.3, 0.4) is 0 Å². The van der Waals surface area contributed by atoms with Gasteiger partial charge in [-0.2, -0.15) is 0 Å². The Morgan fingerprint density at radius 3 is 2.32 bits per heavy atom. The Bertz CT molecular complexity index is 1540. The van der Waals surface area contributed by atoms with Gasteiger partial charge in [-0.3, -0.25) is 33.7 Å². The fourth-order valence-corrected chi connectivity index (χ4v) is 7.13. The van der Waals surface area contributed by atoms with Crippen molar-refractivity contribution in [2.24, 2.45) is 23.3 Å². The number of hydrogen-bond acceptors (Lipinski definition) is 8. The van der Waals surface area contributed by atoms with Crippen molar-refractivity contribution < 1.29 is 28.8 Å². The summed E-state index contributed by atoms with van der Waals surface area (Å²) in [5.74, 6) is -2.71. The number of unbranched alkanes of at least 4 members (excludes halogenated alkanes) is 1. The topological polar surface area (TPSA) is 200 Å². The van der Waals surface area contributed by atoms with Crippen LogP contribution >= 0.6 is 0 Å². The summed E-state index contributed by atoms with van der Waals surface area (Å²) in [5, 5.41) is 8.91. The Labute approximate surface area is 313 Å². The lowest BCUT2D eigenvalue weighted by Crippen LogP contribution is -2.62. The number of fused-ring (bicyclic) bond motifs is 1. The van der Waals surface area contributed by atoms with E-state index in [-0.39, 0.29) is 30.2 Å². The molecule has 2 aliphatic heterocycles. The molecule has 1 aromatic carbocycles. The molecule has 1 fully saturated rings. The minimum absolute atomic E-state index is 0.00323. The van der Waals surface area contributed by atoms with Gasteiger partial charge in [0.25, 0.3) is 5.91 Å². The summed E-state index contributed by atoms with van der Waals surface area (Å²) in [5.41, 5.74) is 13.5. The monoisotopic (exact) mass is 734 g/mol. The zero-order valence-electron chi connectivity index (χ0n) is 31.6. The first-order valence-electron chi connectivity index (χ1n) is 18.9. The van der Waals surface area contributed by atoms with E-state index in [0.29, 0.717) is 70.3 Å². The number of nitrogens with zero attached hydrogens (tertiary/aromatic N) is 3. The lowest BCUT2D eigenvalue weighted by Gasteiger charge is -2.40. The molecule has 0 spiro atoms. The highest BCUT2D eigenvalue weighted by Crippen LogP contribution is 2.32. The van der Waals surface area contributed by atoms with Gasteiger partial charge in [0, 0.05) is 45.3 Å². The number of likely N-dealkylation sites (N-methyl/N-ethyl adjacent to an activating group) is 1. The highest BCUT2D eigenvalue weighted by molar-refractivity contribution is 6.34. The zero-order valence-corrected chi connectivity index (χ0v) is 31.6. The first-order valence-corrected chi connectivity index (χ1v) is 18.9. The minimum Gasteiger partial charge on any atom is -0.351 e.